The molecule has 2 aromatic carbocycles. The Labute approximate surface area is 216 Å². The van der Waals surface area contributed by atoms with E-state index < -0.39 is 35.8 Å². The highest BCUT2D eigenvalue weighted by atomic mass is 16.5. The predicted molar refractivity (Wildman–Crippen MR) is 138 cm³/mol. The number of amides is 2. The highest BCUT2D eigenvalue weighted by molar-refractivity contribution is 5.95. The largest absolute Gasteiger partial charge is 0.469 e. The smallest absolute Gasteiger partial charge is 0.328 e. The Kier molecular flexibility index (Phi) is 11.8. The molecule has 5 N–H and O–H groups in total. The summed E-state index contributed by atoms with van der Waals surface area (Å²) in [6.07, 6.45) is 1.98. The van der Waals surface area contributed by atoms with E-state index in [0.29, 0.717) is 12.0 Å². The topological polar surface area (TPSA) is 161 Å². The minimum atomic E-state index is -1.21. The maximum Gasteiger partial charge on any atom is 0.328 e. The van der Waals surface area contributed by atoms with Crippen molar-refractivity contribution in [3.05, 3.63) is 71.3 Å². The number of nitrogen functional groups attached to an aromatic ring is 1. The second-order valence-corrected chi connectivity index (χ2v) is 8.49. The summed E-state index contributed by atoms with van der Waals surface area (Å²) in [7, 11) is 2.41. The fourth-order valence-electron chi connectivity index (χ4n) is 3.65. The number of esters is 2. The van der Waals surface area contributed by atoms with Crippen molar-refractivity contribution in [2.24, 2.45) is 5.73 Å². The van der Waals surface area contributed by atoms with Gasteiger partial charge in [0.1, 0.15) is 17.9 Å². The molecule has 2 aromatic rings. The van der Waals surface area contributed by atoms with E-state index in [1.165, 1.54) is 14.2 Å². The SMILES string of the molecule is COC(=O)C[C@H](NC(=O)CCCCc1ccc(C(=N)N)cc1)C(=O)N[C@@H](Cc1ccccc1)C(=O)OC. The quantitative estimate of drug-likeness (QED) is 0.130. The Hall–Kier alpha value is -4.21. The van der Waals surface area contributed by atoms with Crippen molar-refractivity contribution >= 4 is 29.6 Å². The summed E-state index contributed by atoms with van der Waals surface area (Å²) in [6.45, 7) is 0. The van der Waals surface area contributed by atoms with Crippen LogP contribution in [0.4, 0.5) is 0 Å². The molecule has 0 aliphatic heterocycles. The van der Waals surface area contributed by atoms with E-state index >= 15 is 0 Å². The van der Waals surface area contributed by atoms with E-state index in [1.807, 2.05) is 42.5 Å². The normalized spacial score (nSPS) is 12.1. The summed E-state index contributed by atoms with van der Waals surface area (Å²) >= 11 is 0. The van der Waals surface area contributed by atoms with E-state index in [9.17, 15) is 19.2 Å². The lowest BCUT2D eigenvalue weighted by Gasteiger charge is -2.22. The Bertz CT molecular complexity index is 1070. The summed E-state index contributed by atoms with van der Waals surface area (Å²) in [5.41, 5.74) is 7.97. The first kappa shape index (κ1) is 29.0. The van der Waals surface area contributed by atoms with E-state index in [1.54, 1.807) is 12.1 Å². The second kappa shape index (κ2) is 15.0. The maximum atomic E-state index is 13.0. The van der Waals surface area contributed by atoms with Gasteiger partial charge in [-0.2, -0.15) is 0 Å². The van der Waals surface area contributed by atoms with Gasteiger partial charge in [-0.1, -0.05) is 54.6 Å². The molecule has 198 valence electrons. The number of carbonyl (C=O) groups excluding carboxylic acids is 4. The summed E-state index contributed by atoms with van der Waals surface area (Å²) in [5, 5.41) is 12.6. The van der Waals surface area contributed by atoms with Crippen LogP contribution in [0.3, 0.4) is 0 Å². The molecule has 0 fully saturated rings. The number of amidine groups is 1. The second-order valence-electron chi connectivity index (χ2n) is 8.49. The Morgan fingerprint density at radius 2 is 1.54 bits per heavy atom. The van der Waals surface area contributed by atoms with E-state index in [4.69, 9.17) is 15.9 Å². The number of aryl methyl sites for hydroxylation is 1. The monoisotopic (exact) mass is 510 g/mol. The number of hydrogen-bond donors (Lipinski definition) is 4. The molecule has 0 saturated heterocycles. The van der Waals surface area contributed by atoms with Crippen LogP contribution in [0.15, 0.2) is 54.6 Å². The van der Waals surface area contributed by atoms with E-state index in [-0.39, 0.29) is 25.1 Å². The van der Waals surface area contributed by atoms with Gasteiger partial charge in [0.15, 0.2) is 0 Å². The molecular weight excluding hydrogens is 476 g/mol. The number of benzene rings is 2. The first-order valence-corrected chi connectivity index (χ1v) is 11.9. The fourth-order valence-corrected chi connectivity index (χ4v) is 3.65. The number of nitrogens with one attached hydrogen (secondary N) is 3. The molecular formula is C27H34N4O6. The van der Waals surface area contributed by atoms with Gasteiger partial charge in [-0.25, -0.2) is 4.79 Å². The average molecular weight is 511 g/mol. The van der Waals surface area contributed by atoms with Crippen molar-refractivity contribution in [3.63, 3.8) is 0 Å². The molecule has 10 nitrogen and oxygen atoms in total. The molecule has 0 bridgehead atoms. The van der Waals surface area contributed by atoms with Crippen LogP contribution in [0.1, 0.15) is 42.4 Å². The van der Waals surface area contributed by atoms with Crippen LogP contribution in [-0.2, 0) is 41.5 Å². The number of hydrogen-bond acceptors (Lipinski definition) is 7. The third kappa shape index (κ3) is 10.1. The molecule has 0 saturated carbocycles. The van der Waals surface area contributed by atoms with Gasteiger partial charge < -0.3 is 25.8 Å². The minimum Gasteiger partial charge on any atom is -0.469 e. The van der Waals surface area contributed by atoms with Gasteiger partial charge in [-0.15, -0.1) is 0 Å². The van der Waals surface area contributed by atoms with E-state index in [0.717, 1.165) is 24.0 Å². The summed E-state index contributed by atoms with van der Waals surface area (Å²) in [6, 6.07) is 14.2. The standard InChI is InChI=1S/C27H34N4O6/c1-36-24(33)17-21(26(34)31-22(27(35)37-2)16-19-9-4-3-5-10-19)30-23(32)11-7-6-8-18-12-14-20(15-13-18)25(28)29/h3-5,9-10,12-15,21-22H,6-8,11,16-17H2,1-2H3,(H3,28,29)(H,30,32)(H,31,34)/t21-,22-/m0/s1. The molecule has 0 heterocycles. The van der Waals surface area contributed by atoms with Crippen molar-refractivity contribution in [1.29, 1.82) is 5.41 Å². The molecule has 0 aromatic heterocycles. The molecule has 0 radical (unpaired) electrons. The van der Waals surface area contributed by atoms with Gasteiger partial charge >= 0.3 is 11.9 Å². The molecule has 0 aliphatic rings. The molecule has 0 unspecified atom stereocenters. The third-order valence-electron chi connectivity index (χ3n) is 5.72. The molecule has 0 aliphatic carbocycles. The van der Waals surface area contributed by atoms with Crippen LogP contribution < -0.4 is 16.4 Å². The fraction of sp³-hybridized carbons (Fsp3) is 0.370. The lowest BCUT2D eigenvalue weighted by atomic mass is 10.0. The van der Waals surface area contributed by atoms with Gasteiger partial charge in [0.2, 0.25) is 11.8 Å². The van der Waals surface area contributed by atoms with Gasteiger partial charge in [0, 0.05) is 18.4 Å². The Morgan fingerprint density at radius 1 is 0.865 bits per heavy atom. The van der Waals surface area contributed by atoms with Gasteiger partial charge in [-0.05, 0) is 30.4 Å². The predicted octanol–water partition coefficient (Wildman–Crippen LogP) is 1.63. The number of unbranched alkanes of at least 4 members (excludes halogenated alkanes) is 1. The summed E-state index contributed by atoms with van der Waals surface area (Å²) in [5.74, 6) is -2.39. The number of carbonyl (C=O) groups is 4. The van der Waals surface area contributed by atoms with Crippen LogP contribution in [0.25, 0.3) is 0 Å². The van der Waals surface area contributed by atoms with Gasteiger partial charge in [0.25, 0.3) is 0 Å². The van der Waals surface area contributed by atoms with Crippen LogP contribution in [-0.4, -0.2) is 55.9 Å². The van der Waals surface area contributed by atoms with Crippen LogP contribution in [0, 0.1) is 5.41 Å². The van der Waals surface area contributed by atoms with E-state index in [2.05, 4.69) is 15.4 Å². The van der Waals surface area contributed by atoms with Crippen molar-refractivity contribution in [1.82, 2.24) is 10.6 Å². The Morgan fingerprint density at radius 3 is 2.14 bits per heavy atom. The Balaban J connectivity index is 1.94. The molecule has 10 heteroatoms. The average Bonchev–Trinajstić information content (AvgIpc) is 2.90. The number of nitrogens with two attached hydrogens (primary N) is 1. The molecule has 2 rings (SSSR count). The van der Waals surface area contributed by atoms with Crippen molar-refractivity contribution in [2.75, 3.05) is 14.2 Å². The zero-order chi connectivity index (χ0) is 27.2. The summed E-state index contributed by atoms with van der Waals surface area (Å²) in [4.78, 5) is 49.7. The van der Waals surface area contributed by atoms with Gasteiger partial charge in [-0.3, -0.25) is 19.8 Å². The van der Waals surface area contributed by atoms with Crippen LogP contribution >= 0.6 is 0 Å². The lowest BCUT2D eigenvalue weighted by Crippen LogP contribution is -2.53. The maximum absolute atomic E-state index is 13.0. The van der Waals surface area contributed by atoms with Crippen molar-refractivity contribution < 1.29 is 28.7 Å². The molecule has 0 spiro atoms. The zero-order valence-electron chi connectivity index (χ0n) is 21.1. The lowest BCUT2D eigenvalue weighted by molar-refractivity contribution is -0.146. The highest BCUT2D eigenvalue weighted by Crippen LogP contribution is 2.10. The zero-order valence-corrected chi connectivity index (χ0v) is 21.1. The minimum absolute atomic E-state index is 0.00624. The van der Waals surface area contributed by atoms with Crippen molar-refractivity contribution in [2.45, 2.75) is 50.6 Å². The first-order chi connectivity index (χ1) is 17.7. The number of ether oxygens (including phenoxy) is 2. The molecule has 2 atom stereocenters. The first-order valence-electron chi connectivity index (χ1n) is 11.9. The summed E-state index contributed by atoms with van der Waals surface area (Å²) < 4.78 is 9.49. The van der Waals surface area contributed by atoms with Gasteiger partial charge in [0.05, 0.1) is 20.6 Å². The molecule has 2 amide bonds. The molecule has 37 heavy (non-hydrogen) atoms. The highest BCUT2D eigenvalue weighted by Gasteiger charge is 2.29. The number of methoxy groups -OCH3 is 2. The van der Waals surface area contributed by atoms with Crippen LogP contribution in [0.2, 0.25) is 0 Å². The number of rotatable bonds is 14. The van der Waals surface area contributed by atoms with Crippen molar-refractivity contribution in [3.8, 4) is 0 Å². The van der Waals surface area contributed by atoms with Crippen LogP contribution in [0.5, 0.6) is 0 Å². The third-order valence-corrected chi connectivity index (χ3v) is 5.72.